The van der Waals surface area contributed by atoms with Crippen molar-refractivity contribution in [3.63, 3.8) is 0 Å². The third-order valence-corrected chi connectivity index (χ3v) is 4.49. The fraction of sp³-hybridized carbons (Fsp3) is 0.353. The van der Waals surface area contributed by atoms with Crippen LogP contribution in [0.25, 0.3) is 17.7 Å². The van der Waals surface area contributed by atoms with E-state index in [1.165, 1.54) is 0 Å². The second-order valence-corrected chi connectivity index (χ2v) is 5.90. The summed E-state index contributed by atoms with van der Waals surface area (Å²) < 4.78 is 1.79. The van der Waals surface area contributed by atoms with Crippen LogP contribution in [-0.4, -0.2) is 20.6 Å². The molecule has 0 fully saturated rings. The van der Waals surface area contributed by atoms with Gasteiger partial charge in [-0.15, -0.1) is 5.10 Å². The third kappa shape index (κ3) is 2.20. The van der Waals surface area contributed by atoms with Crippen LogP contribution in [0.1, 0.15) is 31.2 Å². The van der Waals surface area contributed by atoms with E-state index in [-0.39, 0.29) is 11.8 Å². The molecule has 2 aromatic rings. The van der Waals surface area contributed by atoms with Gasteiger partial charge in [-0.05, 0) is 19.3 Å². The number of carbonyl (C=O) groups is 1. The minimum Gasteiger partial charge on any atom is -0.299 e. The summed E-state index contributed by atoms with van der Waals surface area (Å²) >= 11 is 0. The summed E-state index contributed by atoms with van der Waals surface area (Å²) in [6.45, 7) is 0. The van der Waals surface area contributed by atoms with E-state index in [2.05, 4.69) is 40.7 Å². The van der Waals surface area contributed by atoms with Gasteiger partial charge in [0, 0.05) is 35.2 Å². The Hall–Kier alpha value is -2.23. The predicted molar refractivity (Wildman–Crippen MR) is 81.3 cm³/mol. The van der Waals surface area contributed by atoms with E-state index in [1.54, 1.807) is 10.7 Å². The van der Waals surface area contributed by atoms with E-state index in [1.807, 2.05) is 6.20 Å². The number of aromatic nitrogens is 3. The maximum absolute atomic E-state index is 12.4. The second kappa shape index (κ2) is 4.95. The average molecular weight is 279 g/mol. The van der Waals surface area contributed by atoms with Crippen LogP contribution in [0.4, 0.5) is 0 Å². The summed E-state index contributed by atoms with van der Waals surface area (Å²) in [5.41, 5.74) is 2.18. The van der Waals surface area contributed by atoms with Crippen LogP contribution in [0.5, 0.6) is 0 Å². The van der Waals surface area contributed by atoms with Crippen LogP contribution in [0.15, 0.2) is 30.6 Å². The Morgan fingerprint density at radius 2 is 2.33 bits per heavy atom. The van der Waals surface area contributed by atoms with Crippen molar-refractivity contribution in [1.29, 1.82) is 0 Å². The fourth-order valence-electron chi connectivity index (χ4n) is 3.30. The average Bonchev–Trinajstić information content (AvgIpc) is 3.09. The molecule has 2 aliphatic carbocycles. The molecule has 4 nitrogen and oxygen atoms in total. The van der Waals surface area contributed by atoms with E-state index in [4.69, 9.17) is 0 Å². The molecule has 2 aromatic heterocycles. The van der Waals surface area contributed by atoms with E-state index in [0.717, 1.165) is 35.6 Å². The molecule has 2 unspecified atom stereocenters. The van der Waals surface area contributed by atoms with Gasteiger partial charge in [-0.1, -0.05) is 35.6 Å². The highest BCUT2D eigenvalue weighted by molar-refractivity contribution is 5.83. The van der Waals surface area contributed by atoms with Crippen LogP contribution >= 0.6 is 0 Å². The van der Waals surface area contributed by atoms with Crippen LogP contribution in [0.2, 0.25) is 0 Å². The Kier molecular flexibility index (Phi) is 2.95. The summed E-state index contributed by atoms with van der Waals surface area (Å²) in [5, 5.41) is 9.10. The van der Waals surface area contributed by atoms with Crippen molar-refractivity contribution >= 4 is 23.5 Å². The molecule has 0 aliphatic heterocycles. The molecule has 0 saturated carbocycles. The maximum atomic E-state index is 12.4. The number of fused-ring (bicyclic) bond motifs is 3. The summed E-state index contributed by atoms with van der Waals surface area (Å²) in [5.74, 6) is 0.800. The van der Waals surface area contributed by atoms with Gasteiger partial charge in [0.25, 0.3) is 0 Å². The molecule has 106 valence electrons. The Morgan fingerprint density at radius 1 is 1.38 bits per heavy atom. The molecule has 0 bridgehead atoms. The Balaban J connectivity index is 1.58. The highest BCUT2D eigenvalue weighted by Gasteiger charge is 2.22. The molecule has 2 heterocycles. The van der Waals surface area contributed by atoms with Crippen molar-refractivity contribution in [3.05, 3.63) is 41.4 Å². The minimum atomic E-state index is 0.192. The molecule has 0 spiro atoms. The van der Waals surface area contributed by atoms with Crippen molar-refractivity contribution in [2.24, 2.45) is 11.8 Å². The highest BCUT2D eigenvalue weighted by Crippen LogP contribution is 2.24. The lowest BCUT2D eigenvalue weighted by atomic mass is 9.85. The van der Waals surface area contributed by atoms with Gasteiger partial charge in [-0.2, -0.15) is 0 Å². The van der Waals surface area contributed by atoms with Gasteiger partial charge in [0.15, 0.2) is 0 Å². The van der Waals surface area contributed by atoms with Crippen molar-refractivity contribution in [2.75, 3.05) is 0 Å². The molecule has 4 heteroatoms. The first-order valence-corrected chi connectivity index (χ1v) is 7.52. The first-order valence-electron chi connectivity index (χ1n) is 7.52. The topological polar surface area (TPSA) is 47.3 Å². The van der Waals surface area contributed by atoms with Crippen LogP contribution in [0, 0.1) is 11.8 Å². The Labute approximate surface area is 122 Å². The van der Waals surface area contributed by atoms with Crippen molar-refractivity contribution in [2.45, 2.75) is 25.7 Å². The normalized spacial score (nSPS) is 24.0. The summed E-state index contributed by atoms with van der Waals surface area (Å²) in [6.07, 6.45) is 18.0. The SMILES string of the molecule is O=C(CC1C=Cc2cn3nncc3c2=C1)C1CC=CCC1. The van der Waals surface area contributed by atoms with Crippen LogP contribution < -0.4 is 5.22 Å². The molecule has 0 amide bonds. The summed E-state index contributed by atoms with van der Waals surface area (Å²) in [6, 6.07) is 0. The van der Waals surface area contributed by atoms with Gasteiger partial charge < -0.3 is 0 Å². The largest absolute Gasteiger partial charge is 0.299 e. The monoisotopic (exact) mass is 279 g/mol. The number of allylic oxidation sites excluding steroid dienone is 3. The van der Waals surface area contributed by atoms with E-state index in [0.29, 0.717) is 12.2 Å². The lowest BCUT2D eigenvalue weighted by Crippen LogP contribution is -2.20. The fourth-order valence-corrected chi connectivity index (χ4v) is 3.30. The van der Waals surface area contributed by atoms with Gasteiger partial charge in [0.2, 0.25) is 0 Å². The van der Waals surface area contributed by atoms with Crippen LogP contribution in [-0.2, 0) is 4.79 Å². The first-order chi connectivity index (χ1) is 10.3. The zero-order valence-corrected chi connectivity index (χ0v) is 11.8. The minimum absolute atomic E-state index is 0.192. The molecule has 0 aromatic carbocycles. The van der Waals surface area contributed by atoms with Gasteiger partial charge in [-0.3, -0.25) is 4.79 Å². The molecule has 0 N–H and O–H groups in total. The smallest absolute Gasteiger partial charge is 0.137 e. The second-order valence-electron chi connectivity index (χ2n) is 5.90. The number of Topliss-reactive ketones (excluding diaryl/α,β-unsaturated/α-hetero) is 1. The quantitative estimate of drug-likeness (QED) is 0.809. The van der Waals surface area contributed by atoms with Gasteiger partial charge in [0.05, 0.1) is 11.7 Å². The van der Waals surface area contributed by atoms with Crippen LogP contribution in [0.3, 0.4) is 0 Å². The van der Waals surface area contributed by atoms with Gasteiger partial charge in [-0.25, -0.2) is 4.52 Å². The molecular weight excluding hydrogens is 262 g/mol. The number of hydrogen-bond donors (Lipinski definition) is 0. The standard InChI is InChI=1S/C17H17N3O/c21-17(13-4-2-1-3-5-13)9-12-6-7-14-11-20-16(10-18-19-20)15(14)8-12/h1-2,6-8,10-13H,3-5,9H2. The zero-order valence-electron chi connectivity index (χ0n) is 11.8. The zero-order chi connectivity index (χ0) is 14.2. The number of carbonyl (C=O) groups excluding carboxylic acids is 1. The highest BCUT2D eigenvalue weighted by atomic mass is 16.1. The predicted octanol–water partition coefficient (Wildman–Crippen LogP) is 2.19. The van der Waals surface area contributed by atoms with Gasteiger partial charge in [0.1, 0.15) is 5.78 Å². The molecule has 21 heavy (non-hydrogen) atoms. The Bertz CT molecular complexity index is 799. The number of rotatable bonds is 3. The molecule has 0 saturated heterocycles. The van der Waals surface area contributed by atoms with Crippen molar-refractivity contribution in [3.8, 4) is 0 Å². The lowest BCUT2D eigenvalue weighted by molar-refractivity contribution is -0.123. The molecule has 0 radical (unpaired) electrons. The van der Waals surface area contributed by atoms with E-state index in [9.17, 15) is 4.79 Å². The maximum Gasteiger partial charge on any atom is 0.137 e. The van der Waals surface area contributed by atoms with E-state index < -0.39 is 0 Å². The van der Waals surface area contributed by atoms with Crippen molar-refractivity contribution in [1.82, 2.24) is 14.8 Å². The number of hydrogen-bond acceptors (Lipinski definition) is 3. The number of nitrogens with zero attached hydrogens (tertiary/aromatic N) is 3. The molecule has 2 aliphatic rings. The molecular formula is C17H17N3O. The van der Waals surface area contributed by atoms with Crippen molar-refractivity contribution < 1.29 is 4.79 Å². The molecule has 4 rings (SSSR count). The lowest BCUT2D eigenvalue weighted by Gasteiger charge is -2.18. The first kappa shape index (κ1) is 12.5. The van der Waals surface area contributed by atoms with Gasteiger partial charge >= 0.3 is 0 Å². The number of ketones is 1. The summed E-state index contributed by atoms with van der Waals surface area (Å²) in [4.78, 5) is 12.4. The summed E-state index contributed by atoms with van der Waals surface area (Å²) in [7, 11) is 0. The Morgan fingerprint density at radius 3 is 3.19 bits per heavy atom. The third-order valence-electron chi connectivity index (χ3n) is 4.49. The van der Waals surface area contributed by atoms with E-state index >= 15 is 0 Å². The molecule has 2 atom stereocenters.